The number of carbonyl (C=O) groups excluding carboxylic acids is 1. The van der Waals surface area contributed by atoms with E-state index in [0.717, 1.165) is 50.4 Å². The van der Waals surface area contributed by atoms with Crippen LogP contribution in [-0.4, -0.2) is 55.7 Å². The number of hydrogen-bond donors (Lipinski definition) is 2. The Morgan fingerprint density at radius 1 is 1.23 bits per heavy atom. The highest BCUT2D eigenvalue weighted by atomic mass is 127. The molecule has 0 aromatic heterocycles. The molecule has 1 unspecified atom stereocenters. The van der Waals surface area contributed by atoms with E-state index >= 15 is 0 Å². The van der Waals surface area contributed by atoms with Gasteiger partial charge in [-0.15, -0.1) is 24.0 Å². The van der Waals surface area contributed by atoms with Crippen LogP contribution < -0.4 is 20.1 Å². The van der Waals surface area contributed by atoms with Crippen LogP contribution in [0.2, 0.25) is 5.02 Å². The van der Waals surface area contributed by atoms with E-state index in [9.17, 15) is 4.79 Å². The monoisotopic (exact) mass is 562 g/mol. The van der Waals surface area contributed by atoms with Crippen molar-refractivity contribution in [2.24, 2.45) is 10.9 Å². The van der Waals surface area contributed by atoms with Crippen LogP contribution in [0.5, 0.6) is 11.5 Å². The third-order valence-corrected chi connectivity index (χ3v) is 6.25. The number of amides is 1. The summed E-state index contributed by atoms with van der Waals surface area (Å²) < 4.78 is 11.2. The van der Waals surface area contributed by atoms with Gasteiger partial charge in [0.25, 0.3) is 0 Å². The summed E-state index contributed by atoms with van der Waals surface area (Å²) in [7, 11) is 0. The van der Waals surface area contributed by atoms with Gasteiger partial charge in [0.05, 0.1) is 11.6 Å². The Labute approximate surface area is 206 Å². The smallest absolute Gasteiger partial charge is 0.225 e. The summed E-state index contributed by atoms with van der Waals surface area (Å²) in [6.07, 6.45) is 5.42. The number of nitrogens with one attached hydrogen (secondary N) is 2. The van der Waals surface area contributed by atoms with Gasteiger partial charge in [0.1, 0.15) is 13.2 Å². The zero-order valence-electron chi connectivity index (χ0n) is 18.0. The maximum Gasteiger partial charge on any atom is 0.225 e. The molecule has 31 heavy (non-hydrogen) atoms. The van der Waals surface area contributed by atoms with Crippen molar-refractivity contribution in [2.75, 3.05) is 32.8 Å². The lowest BCUT2D eigenvalue weighted by Gasteiger charge is -2.22. The predicted octanol–water partition coefficient (Wildman–Crippen LogP) is 3.58. The fourth-order valence-corrected chi connectivity index (χ4v) is 4.74. The Kier molecular flexibility index (Phi) is 8.95. The number of rotatable bonds is 5. The highest BCUT2D eigenvalue weighted by Gasteiger charge is 2.32. The Hall–Kier alpha value is -1.42. The van der Waals surface area contributed by atoms with Gasteiger partial charge in [-0.05, 0) is 43.9 Å². The van der Waals surface area contributed by atoms with Crippen LogP contribution in [0.25, 0.3) is 0 Å². The summed E-state index contributed by atoms with van der Waals surface area (Å²) in [5.74, 6) is 2.62. The number of nitrogens with zero attached hydrogens (tertiary/aromatic N) is 2. The van der Waals surface area contributed by atoms with Crippen LogP contribution in [0.3, 0.4) is 0 Å². The molecule has 172 valence electrons. The lowest BCUT2D eigenvalue weighted by molar-refractivity contribution is -0.134. The second kappa shape index (κ2) is 11.4. The fraction of sp³-hybridized carbons (Fsp3) is 0.636. The maximum absolute atomic E-state index is 12.7. The third-order valence-electron chi connectivity index (χ3n) is 5.97. The number of benzene rings is 1. The molecule has 9 heteroatoms. The number of hydrogen-bond acceptors (Lipinski definition) is 4. The van der Waals surface area contributed by atoms with Gasteiger partial charge in [-0.2, -0.15) is 0 Å². The van der Waals surface area contributed by atoms with Crippen LogP contribution in [0.15, 0.2) is 17.1 Å². The first-order valence-electron chi connectivity index (χ1n) is 11.1. The topological polar surface area (TPSA) is 75.2 Å². The lowest BCUT2D eigenvalue weighted by atomic mass is 10.1. The number of likely N-dealkylation sites (tertiary alicyclic amines) is 1. The minimum atomic E-state index is 0. The van der Waals surface area contributed by atoms with E-state index in [-0.39, 0.29) is 35.9 Å². The van der Waals surface area contributed by atoms with E-state index in [2.05, 4.69) is 10.6 Å². The van der Waals surface area contributed by atoms with Crippen LogP contribution in [0.4, 0.5) is 0 Å². The molecule has 0 spiro atoms. The van der Waals surface area contributed by atoms with Crippen LogP contribution in [-0.2, 0) is 11.3 Å². The first kappa shape index (κ1) is 24.2. The standard InChI is InChI=1S/C22H31ClN4O3.HI/c1-2-24-22(25-13-15-11-18(23)20-19(12-15)29-9-10-30-20)26-17-7-8-27(14-17)21(28)16-5-3-4-6-16;/h11-12,16-17H,2-10,13-14H2,1H3,(H2,24,25,26);1H. The maximum atomic E-state index is 12.7. The van der Waals surface area contributed by atoms with Crippen molar-refractivity contribution in [3.05, 3.63) is 22.7 Å². The van der Waals surface area contributed by atoms with Crippen molar-refractivity contribution in [3.8, 4) is 11.5 Å². The summed E-state index contributed by atoms with van der Waals surface area (Å²) in [4.78, 5) is 19.4. The molecular formula is C22H32ClIN4O3. The minimum absolute atomic E-state index is 0. The molecule has 2 fully saturated rings. The second-order valence-corrected chi connectivity index (χ2v) is 8.60. The van der Waals surface area contributed by atoms with Crippen molar-refractivity contribution >= 4 is 47.4 Å². The number of carbonyl (C=O) groups is 1. The van der Waals surface area contributed by atoms with Crippen LogP contribution >= 0.6 is 35.6 Å². The molecule has 2 N–H and O–H groups in total. The molecule has 1 aliphatic carbocycles. The molecular weight excluding hydrogens is 531 g/mol. The summed E-state index contributed by atoms with van der Waals surface area (Å²) in [5, 5.41) is 7.35. The lowest BCUT2D eigenvalue weighted by Crippen LogP contribution is -2.45. The zero-order chi connectivity index (χ0) is 20.9. The number of halogens is 2. The van der Waals surface area contributed by atoms with Gasteiger partial charge in [-0.3, -0.25) is 4.79 Å². The van der Waals surface area contributed by atoms with E-state index in [0.29, 0.717) is 42.2 Å². The van der Waals surface area contributed by atoms with E-state index in [4.69, 9.17) is 26.1 Å². The van der Waals surface area contributed by atoms with Gasteiger partial charge < -0.3 is 25.0 Å². The molecule has 7 nitrogen and oxygen atoms in total. The molecule has 2 aliphatic heterocycles. The Balaban J connectivity index is 0.00000272. The van der Waals surface area contributed by atoms with Crippen molar-refractivity contribution in [1.29, 1.82) is 0 Å². The predicted molar refractivity (Wildman–Crippen MR) is 133 cm³/mol. The Morgan fingerprint density at radius 2 is 2.00 bits per heavy atom. The Bertz CT molecular complexity index is 801. The average molecular weight is 563 g/mol. The molecule has 1 atom stereocenters. The molecule has 1 saturated carbocycles. The summed E-state index contributed by atoms with van der Waals surface area (Å²) >= 11 is 6.34. The van der Waals surface area contributed by atoms with Gasteiger partial charge in [-0.25, -0.2) is 4.99 Å². The molecule has 1 aromatic rings. The quantitative estimate of drug-likeness (QED) is 0.326. The minimum Gasteiger partial charge on any atom is -0.486 e. The first-order valence-corrected chi connectivity index (χ1v) is 11.4. The van der Waals surface area contributed by atoms with Gasteiger partial charge in [0.15, 0.2) is 17.5 Å². The molecule has 0 bridgehead atoms. The largest absolute Gasteiger partial charge is 0.486 e. The molecule has 0 radical (unpaired) electrons. The number of fused-ring (bicyclic) bond motifs is 1. The van der Waals surface area contributed by atoms with Crippen molar-refractivity contribution in [1.82, 2.24) is 15.5 Å². The van der Waals surface area contributed by atoms with E-state index < -0.39 is 0 Å². The van der Waals surface area contributed by atoms with Gasteiger partial charge in [0.2, 0.25) is 5.91 Å². The number of guanidine groups is 1. The normalized spacial score (nSPS) is 21.0. The molecule has 1 saturated heterocycles. The van der Waals surface area contributed by atoms with Crippen molar-refractivity contribution < 1.29 is 14.3 Å². The van der Waals surface area contributed by atoms with Gasteiger partial charge >= 0.3 is 0 Å². The molecule has 4 rings (SSSR count). The van der Waals surface area contributed by atoms with Crippen LogP contribution in [0.1, 0.15) is 44.6 Å². The second-order valence-electron chi connectivity index (χ2n) is 8.19. The van der Waals surface area contributed by atoms with Gasteiger partial charge in [0, 0.05) is 31.6 Å². The SMILES string of the molecule is CCNC(=NCc1cc(Cl)c2c(c1)OCCO2)NC1CCN(C(=O)C2CCCC2)C1.I. The fourth-order valence-electron chi connectivity index (χ4n) is 4.45. The highest BCUT2D eigenvalue weighted by molar-refractivity contribution is 14.0. The van der Waals surface area contributed by atoms with E-state index in [1.807, 2.05) is 24.0 Å². The molecule has 1 amide bonds. The third kappa shape index (κ3) is 6.09. The van der Waals surface area contributed by atoms with E-state index in [1.54, 1.807) is 0 Å². The summed E-state index contributed by atoms with van der Waals surface area (Å²) in [6, 6.07) is 4.03. The van der Waals surface area contributed by atoms with Gasteiger partial charge in [-0.1, -0.05) is 24.4 Å². The van der Waals surface area contributed by atoms with E-state index in [1.165, 1.54) is 12.8 Å². The Morgan fingerprint density at radius 3 is 2.77 bits per heavy atom. The molecule has 1 aromatic carbocycles. The average Bonchev–Trinajstić information content (AvgIpc) is 3.44. The zero-order valence-corrected chi connectivity index (χ0v) is 21.1. The van der Waals surface area contributed by atoms with Crippen LogP contribution in [0, 0.1) is 5.92 Å². The van der Waals surface area contributed by atoms with Crippen molar-refractivity contribution in [2.45, 2.75) is 51.6 Å². The summed E-state index contributed by atoms with van der Waals surface area (Å²) in [6.45, 7) is 5.90. The molecule has 3 aliphatic rings. The first-order chi connectivity index (χ1) is 14.6. The summed E-state index contributed by atoms with van der Waals surface area (Å²) in [5.41, 5.74) is 0.964. The highest BCUT2D eigenvalue weighted by Crippen LogP contribution is 2.38. The molecule has 2 heterocycles. The number of ether oxygens (including phenoxy) is 2. The number of aliphatic imine (C=N–C) groups is 1. The van der Waals surface area contributed by atoms with Crippen molar-refractivity contribution in [3.63, 3.8) is 0 Å².